The van der Waals surface area contributed by atoms with Crippen LogP contribution in [0.1, 0.15) is 263 Å². The third-order valence-electron chi connectivity index (χ3n) is 14.5. The van der Waals surface area contributed by atoms with Gasteiger partial charge in [-0.1, -0.05) is 224 Å². The van der Waals surface area contributed by atoms with Crippen molar-refractivity contribution < 1.29 is 55.6 Å². The number of ether oxygens (including phenoxy) is 8. The standard InChI is InChI=1S/C35H62O7S.C28H56O5/c1-3-4-5-6-7-8-9-10-11-12-13-14-15-16-17-19-26-38-30-33(31-41-35-21-18-20-27-40-35)39-28-29-42-43(36,37)34-24-22-32(2)23-25-34;1-2-3-4-5-6-7-8-9-10-11-12-13-14-15-16-18-22-30-25-27(31-24-21-29)26-33-28-20-17-19-23-32-28/h22-25,33,35H,3-21,26-31H2,1-2H3;27-29H,2-26H2,1H3/t33-,35?;27-,28?/m11/s1. The fraction of sp³-hybridized carbons (Fsp3) is 0.905. The average molecular weight is 1100 g/mol. The van der Waals surface area contributed by atoms with Gasteiger partial charge < -0.3 is 43.0 Å². The summed E-state index contributed by atoms with van der Waals surface area (Å²) in [7, 11) is -3.81. The van der Waals surface area contributed by atoms with E-state index in [1.165, 1.54) is 193 Å². The molecule has 1 aromatic carbocycles. The minimum Gasteiger partial charge on any atom is -0.394 e. The van der Waals surface area contributed by atoms with Gasteiger partial charge in [-0.3, -0.25) is 4.18 Å². The molecule has 0 aliphatic carbocycles. The molecule has 448 valence electrons. The molecule has 2 unspecified atom stereocenters. The summed E-state index contributed by atoms with van der Waals surface area (Å²) in [5.74, 6) is 0. The Bertz CT molecular complexity index is 1440. The van der Waals surface area contributed by atoms with Gasteiger partial charge >= 0.3 is 0 Å². The lowest BCUT2D eigenvalue weighted by Gasteiger charge is -2.25. The van der Waals surface area contributed by atoms with Gasteiger partial charge in [0.2, 0.25) is 0 Å². The van der Waals surface area contributed by atoms with Gasteiger partial charge in [-0.2, -0.15) is 8.42 Å². The van der Waals surface area contributed by atoms with Crippen molar-refractivity contribution in [2.45, 2.75) is 294 Å². The maximum Gasteiger partial charge on any atom is 0.297 e. The van der Waals surface area contributed by atoms with E-state index in [-0.39, 0.29) is 49.5 Å². The number of hydrogen-bond acceptors (Lipinski definition) is 12. The van der Waals surface area contributed by atoms with Crippen molar-refractivity contribution in [1.82, 2.24) is 0 Å². The van der Waals surface area contributed by atoms with Crippen LogP contribution in [-0.4, -0.2) is 118 Å². The van der Waals surface area contributed by atoms with E-state index in [9.17, 15) is 8.42 Å². The van der Waals surface area contributed by atoms with Gasteiger partial charge in [0.1, 0.15) is 12.2 Å². The van der Waals surface area contributed by atoms with Crippen molar-refractivity contribution in [1.29, 1.82) is 0 Å². The van der Waals surface area contributed by atoms with E-state index in [4.69, 9.17) is 47.2 Å². The van der Waals surface area contributed by atoms with Gasteiger partial charge in [-0.25, -0.2) is 0 Å². The number of unbranched alkanes of at least 4 members (excludes halogenated alkanes) is 30. The van der Waals surface area contributed by atoms with E-state index in [0.717, 1.165) is 76.8 Å². The normalized spacial score (nSPS) is 16.9. The minimum absolute atomic E-state index is 0.0234. The van der Waals surface area contributed by atoms with Crippen LogP contribution in [0.4, 0.5) is 0 Å². The minimum atomic E-state index is -3.81. The van der Waals surface area contributed by atoms with Crippen molar-refractivity contribution >= 4 is 10.1 Å². The Hall–Kier alpha value is -1.23. The molecule has 2 saturated heterocycles. The molecule has 2 aliphatic rings. The third-order valence-corrected chi connectivity index (χ3v) is 15.9. The van der Waals surface area contributed by atoms with Gasteiger partial charge in [0.25, 0.3) is 10.1 Å². The van der Waals surface area contributed by atoms with Crippen molar-refractivity contribution in [3.05, 3.63) is 29.8 Å². The van der Waals surface area contributed by atoms with Crippen LogP contribution < -0.4 is 0 Å². The Balaban J connectivity index is 0.000000539. The average Bonchev–Trinajstić information content (AvgIpc) is 3.44. The molecular weight excluding hydrogens is 981 g/mol. The lowest BCUT2D eigenvalue weighted by atomic mass is 10.0. The quantitative estimate of drug-likeness (QED) is 0.0491. The van der Waals surface area contributed by atoms with Crippen molar-refractivity contribution in [3.8, 4) is 0 Å². The van der Waals surface area contributed by atoms with Crippen molar-refractivity contribution in [2.24, 2.45) is 0 Å². The Morgan fingerprint density at radius 1 is 0.461 bits per heavy atom. The SMILES string of the molecule is CCCCCCCCCCCCCCCCCCOC[C@H](COC1CCCCO1)OCCO.CCCCCCCCCCCCCCCCCCOC[C@H](COC1CCCCO1)OCCOS(=O)(=O)c1ccc(C)cc1. The zero-order valence-electron chi connectivity index (χ0n) is 49.3. The van der Waals surface area contributed by atoms with Crippen LogP contribution in [0.3, 0.4) is 0 Å². The molecule has 2 heterocycles. The van der Waals surface area contributed by atoms with Crippen LogP contribution in [0.25, 0.3) is 0 Å². The van der Waals surface area contributed by atoms with E-state index in [1.54, 1.807) is 24.3 Å². The first-order chi connectivity index (χ1) is 37.4. The number of aryl methyl sites for hydroxylation is 1. The largest absolute Gasteiger partial charge is 0.394 e. The highest BCUT2D eigenvalue weighted by molar-refractivity contribution is 7.86. The van der Waals surface area contributed by atoms with Gasteiger partial charge in [0.15, 0.2) is 12.6 Å². The van der Waals surface area contributed by atoms with E-state index in [0.29, 0.717) is 39.6 Å². The molecule has 2 fully saturated rings. The van der Waals surface area contributed by atoms with Crippen LogP contribution in [0.2, 0.25) is 0 Å². The Labute approximate surface area is 467 Å². The second-order valence-electron chi connectivity index (χ2n) is 21.8. The molecule has 0 radical (unpaired) electrons. The van der Waals surface area contributed by atoms with Crippen molar-refractivity contribution in [2.75, 3.05) is 79.3 Å². The molecule has 0 amide bonds. The van der Waals surface area contributed by atoms with Gasteiger partial charge in [0.05, 0.1) is 57.8 Å². The van der Waals surface area contributed by atoms with E-state index >= 15 is 0 Å². The molecule has 0 aromatic heterocycles. The monoisotopic (exact) mass is 1100 g/mol. The molecule has 13 heteroatoms. The number of hydrogen-bond donors (Lipinski definition) is 1. The fourth-order valence-electron chi connectivity index (χ4n) is 9.69. The molecule has 12 nitrogen and oxygen atoms in total. The molecule has 0 saturated carbocycles. The fourth-order valence-corrected chi connectivity index (χ4v) is 10.6. The summed E-state index contributed by atoms with van der Waals surface area (Å²) in [5.41, 5.74) is 0.992. The second-order valence-corrected chi connectivity index (χ2v) is 23.4. The molecule has 4 atom stereocenters. The van der Waals surface area contributed by atoms with Crippen LogP contribution in [0, 0.1) is 6.92 Å². The molecule has 1 N–H and O–H groups in total. The van der Waals surface area contributed by atoms with E-state index < -0.39 is 10.1 Å². The van der Waals surface area contributed by atoms with Gasteiger partial charge in [-0.05, 0) is 70.4 Å². The van der Waals surface area contributed by atoms with Crippen LogP contribution in [0.15, 0.2) is 29.2 Å². The predicted octanol–water partition coefficient (Wildman–Crippen LogP) is 16.1. The summed E-state index contributed by atoms with van der Waals surface area (Å²) < 4.78 is 76.4. The summed E-state index contributed by atoms with van der Waals surface area (Å²) in [4.78, 5) is 0.148. The number of benzene rings is 1. The molecule has 76 heavy (non-hydrogen) atoms. The lowest BCUT2D eigenvalue weighted by molar-refractivity contribution is -0.185. The molecular formula is C63H118O12S. The van der Waals surface area contributed by atoms with Gasteiger partial charge in [0, 0.05) is 26.4 Å². The summed E-state index contributed by atoms with van der Waals surface area (Å²) in [6.07, 6.45) is 49.1. The Kier molecular flexibility index (Phi) is 49.5. The second kappa shape index (κ2) is 53.1. The Morgan fingerprint density at radius 3 is 1.16 bits per heavy atom. The zero-order valence-corrected chi connectivity index (χ0v) is 50.1. The number of aliphatic hydroxyl groups is 1. The zero-order chi connectivity index (χ0) is 54.5. The highest BCUT2D eigenvalue weighted by Gasteiger charge is 2.20. The number of aliphatic hydroxyl groups excluding tert-OH is 1. The molecule has 1 aromatic rings. The summed E-state index contributed by atoms with van der Waals surface area (Å²) in [6.45, 7) is 11.6. The highest BCUT2D eigenvalue weighted by atomic mass is 32.2. The Morgan fingerprint density at radius 2 is 0.816 bits per heavy atom. The van der Waals surface area contributed by atoms with E-state index in [1.807, 2.05) is 6.92 Å². The van der Waals surface area contributed by atoms with Crippen LogP contribution in [-0.2, 0) is 52.2 Å². The first kappa shape index (κ1) is 70.9. The lowest BCUT2D eigenvalue weighted by Crippen LogP contribution is -2.32. The van der Waals surface area contributed by atoms with Crippen molar-refractivity contribution in [3.63, 3.8) is 0 Å². The molecule has 3 rings (SSSR count). The van der Waals surface area contributed by atoms with Gasteiger partial charge in [-0.15, -0.1) is 0 Å². The molecule has 2 aliphatic heterocycles. The smallest absolute Gasteiger partial charge is 0.297 e. The van der Waals surface area contributed by atoms with Crippen LogP contribution >= 0.6 is 0 Å². The predicted molar refractivity (Wildman–Crippen MR) is 311 cm³/mol. The summed E-state index contributed by atoms with van der Waals surface area (Å²) >= 11 is 0. The third kappa shape index (κ3) is 43.6. The molecule has 0 bridgehead atoms. The number of rotatable bonds is 53. The summed E-state index contributed by atoms with van der Waals surface area (Å²) in [6, 6.07) is 6.62. The first-order valence-electron chi connectivity index (χ1n) is 31.8. The van der Waals surface area contributed by atoms with Crippen LogP contribution in [0.5, 0.6) is 0 Å². The summed E-state index contributed by atoms with van der Waals surface area (Å²) in [5, 5.41) is 9.03. The molecule has 0 spiro atoms. The van der Waals surface area contributed by atoms with E-state index in [2.05, 4.69) is 13.8 Å². The first-order valence-corrected chi connectivity index (χ1v) is 33.2. The highest BCUT2D eigenvalue weighted by Crippen LogP contribution is 2.19. The maximum atomic E-state index is 12.4. The topological polar surface area (TPSA) is 137 Å². The maximum absolute atomic E-state index is 12.4.